The Bertz CT molecular complexity index is 738. The average Bonchev–Trinajstić information content (AvgIpc) is 2.86. The molecule has 2 heterocycles. The molecule has 0 saturated heterocycles. The van der Waals surface area contributed by atoms with E-state index in [0.29, 0.717) is 22.9 Å². The van der Waals surface area contributed by atoms with Crippen LogP contribution in [0.5, 0.6) is 0 Å². The minimum atomic E-state index is -0.139. The Hall–Kier alpha value is -1.85. The molecule has 2 aromatic rings. The van der Waals surface area contributed by atoms with Gasteiger partial charge < -0.3 is 4.90 Å². The molecule has 1 atom stereocenters. The quantitative estimate of drug-likeness (QED) is 0.920. The number of hydrogen-bond donors (Lipinski definition) is 1. The molecule has 0 radical (unpaired) electrons. The molecule has 0 aliphatic heterocycles. The largest absolute Gasteiger partial charge is 0.345 e. The first-order valence-corrected chi connectivity index (χ1v) is 8.33. The van der Waals surface area contributed by atoms with Crippen molar-refractivity contribution in [1.82, 2.24) is 19.7 Å². The highest BCUT2D eigenvalue weighted by Crippen LogP contribution is 2.26. The molecule has 0 amide bonds. The van der Waals surface area contributed by atoms with Crippen molar-refractivity contribution in [1.29, 1.82) is 0 Å². The first-order valence-electron chi connectivity index (χ1n) is 8.33. The lowest BCUT2D eigenvalue weighted by Gasteiger charge is -2.24. The van der Waals surface area contributed by atoms with E-state index in [1.54, 1.807) is 11.6 Å². The third kappa shape index (κ3) is 3.41. The van der Waals surface area contributed by atoms with Crippen LogP contribution in [0.3, 0.4) is 0 Å². The molecule has 0 fully saturated rings. The van der Waals surface area contributed by atoms with Gasteiger partial charge in [-0.25, -0.2) is 4.98 Å². The van der Waals surface area contributed by atoms with Gasteiger partial charge in [0.05, 0.1) is 5.69 Å². The van der Waals surface area contributed by atoms with Gasteiger partial charge in [-0.3, -0.25) is 14.5 Å². The van der Waals surface area contributed by atoms with Gasteiger partial charge >= 0.3 is 0 Å². The van der Waals surface area contributed by atoms with E-state index in [1.165, 1.54) is 6.42 Å². The van der Waals surface area contributed by atoms with E-state index >= 15 is 0 Å². The van der Waals surface area contributed by atoms with Crippen molar-refractivity contribution < 1.29 is 0 Å². The van der Waals surface area contributed by atoms with Gasteiger partial charge in [-0.15, -0.1) is 0 Å². The minimum Gasteiger partial charge on any atom is -0.345 e. The number of anilines is 1. The molecule has 1 unspecified atom stereocenters. The number of hydrogen-bond acceptors (Lipinski definition) is 4. The zero-order valence-electron chi connectivity index (χ0n) is 15.4. The van der Waals surface area contributed by atoms with Crippen LogP contribution in [0.15, 0.2) is 4.79 Å². The van der Waals surface area contributed by atoms with Crippen molar-refractivity contribution >= 4 is 17.0 Å². The highest BCUT2D eigenvalue weighted by atomic mass is 16.1. The maximum atomic E-state index is 12.6. The summed E-state index contributed by atoms with van der Waals surface area (Å²) in [7, 11) is 3.76. The van der Waals surface area contributed by atoms with Crippen molar-refractivity contribution in [3.8, 4) is 0 Å². The van der Waals surface area contributed by atoms with Crippen molar-refractivity contribution in [2.75, 3.05) is 18.5 Å². The fraction of sp³-hybridized carbons (Fsp3) is 0.706. The molecular weight excluding hydrogens is 290 g/mol. The summed E-state index contributed by atoms with van der Waals surface area (Å²) in [5.41, 5.74) is 1.76. The van der Waals surface area contributed by atoms with E-state index in [0.717, 1.165) is 18.7 Å². The second-order valence-electron chi connectivity index (χ2n) is 7.60. The molecule has 0 saturated carbocycles. The number of nitrogens with zero attached hydrogens (tertiary/aromatic N) is 4. The Morgan fingerprint density at radius 2 is 1.96 bits per heavy atom. The van der Waals surface area contributed by atoms with Crippen LogP contribution in [-0.4, -0.2) is 33.3 Å². The number of H-pyrrole nitrogens is 1. The predicted octanol–water partition coefficient (Wildman–Crippen LogP) is 2.83. The summed E-state index contributed by atoms with van der Waals surface area (Å²) < 4.78 is 1.59. The molecule has 6 heteroatoms. The summed E-state index contributed by atoms with van der Waals surface area (Å²) in [6, 6.07) is 0. The standard InChI is InChI=1S/C17H29N5O/c1-8-9-11(2)10-21(6)16-18-12-13(15(23)22(16)7)19-20-14(12)17(3,4)5/h11H,8-10H2,1-7H3,(H,19,20). The normalized spacial score (nSPS) is 13.5. The third-order valence-corrected chi connectivity index (χ3v) is 4.22. The van der Waals surface area contributed by atoms with Crippen LogP contribution < -0.4 is 10.5 Å². The van der Waals surface area contributed by atoms with Gasteiger partial charge in [0, 0.05) is 26.1 Å². The lowest BCUT2D eigenvalue weighted by Crippen LogP contribution is -2.32. The second kappa shape index (κ2) is 6.34. The first-order chi connectivity index (χ1) is 10.7. The molecular formula is C17H29N5O. The highest BCUT2D eigenvalue weighted by molar-refractivity contribution is 5.78. The Balaban J connectivity index is 2.52. The molecule has 1 N–H and O–H groups in total. The summed E-state index contributed by atoms with van der Waals surface area (Å²) in [6.07, 6.45) is 2.33. The van der Waals surface area contributed by atoms with E-state index in [-0.39, 0.29) is 11.0 Å². The van der Waals surface area contributed by atoms with E-state index < -0.39 is 0 Å². The molecule has 0 aromatic carbocycles. The van der Waals surface area contributed by atoms with Crippen molar-refractivity contribution in [3.63, 3.8) is 0 Å². The predicted molar refractivity (Wildman–Crippen MR) is 95.2 cm³/mol. The third-order valence-electron chi connectivity index (χ3n) is 4.22. The van der Waals surface area contributed by atoms with Crippen molar-refractivity contribution in [2.45, 2.75) is 52.9 Å². The van der Waals surface area contributed by atoms with Crippen LogP contribution in [0.25, 0.3) is 11.0 Å². The van der Waals surface area contributed by atoms with Gasteiger partial charge in [0.25, 0.3) is 5.56 Å². The smallest absolute Gasteiger partial charge is 0.283 e. The molecule has 128 valence electrons. The van der Waals surface area contributed by atoms with Gasteiger partial charge in [-0.2, -0.15) is 5.10 Å². The van der Waals surface area contributed by atoms with Crippen molar-refractivity contribution in [3.05, 3.63) is 16.0 Å². The SMILES string of the molecule is CCCC(C)CN(C)c1nc2c(C(C)(C)C)[nH]nc2c(=O)n1C. The van der Waals surface area contributed by atoms with E-state index in [4.69, 9.17) is 4.98 Å². The van der Waals surface area contributed by atoms with E-state index in [9.17, 15) is 4.79 Å². The van der Waals surface area contributed by atoms with Gasteiger partial charge in [0.2, 0.25) is 5.95 Å². The molecule has 6 nitrogen and oxygen atoms in total. The van der Waals surface area contributed by atoms with Crippen LogP contribution in [-0.2, 0) is 12.5 Å². The van der Waals surface area contributed by atoms with E-state index in [2.05, 4.69) is 49.7 Å². The fourth-order valence-electron chi connectivity index (χ4n) is 3.02. The van der Waals surface area contributed by atoms with Crippen LogP contribution in [0.1, 0.15) is 53.2 Å². The molecule has 2 aromatic heterocycles. The van der Waals surface area contributed by atoms with E-state index in [1.807, 2.05) is 7.05 Å². The average molecular weight is 319 g/mol. The Labute approximate surface area is 137 Å². The van der Waals surface area contributed by atoms with Gasteiger partial charge in [0.1, 0.15) is 5.52 Å². The number of aromatic nitrogens is 4. The molecule has 23 heavy (non-hydrogen) atoms. The number of rotatable bonds is 5. The zero-order chi connectivity index (χ0) is 17.4. The van der Waals surface area contributed by atoms with Crippen LogP contribution in [0.4, 0.5) is 5.95 Å². The molecule has 0 spiro atoms. The van der Waals surface area contributed by atoms with Gasteiger partial charge in [0.15, 0.2) is 5.52 Å². The van der Waals surface area contributed by atoms with Crippen molar-refractivity contribution in [2.24, 2.45) is 13.0 Å². The summed E-state index contributed by atoms with van der Waals surface area (Å²) in [4.78, 5) is 19.5. The molecule has 2 rings (SSSR count). The van der Waals surface area contributed by atoms with Crippen LogP contribution in [0.2, 0.25) is 0 Å². The van der Waals surface area contributed by atoms with Crippen LogP contribution in [0, 0.1) is 5.92 Å². The Kier molecular flexibility index (Phi) is 4.82. The summed E-state index contributed by atoms with van der Waals surface area (Å²) >= 11 is 0. The summed E-state index contributed by atoms with van der Waals surface area (Å²) in [5.74, 6) is 1.25. The molecule has 0 aliphatic carbocycles. The van der Waals surface area contributed by atoms with Crippen LogP contribution >= 0.6 is 0 Å². The number of aromatic amines is 1. The minimum absolute atomic E-state index is 0.105. The second-order valence-corrected chi connectivity index (χ2v) is 7.60. The molecule has 0 bridgehead atoms. The lowest BCUT2D eigenvalue weighted by atomic mass is 9.91. The monoisotopic (exact) mass is 319 g/mol. The fourth-order valence-corrected chi connectivity index (χ4v) is 3.02. The molecule has 0 aliphatic rings. The highest BCUT2D eigenvalue weighted by Gasteiger charge is 2.24. The zero-order valence-corrected chi connectivity index (χ0v) is 15.4. The van der Waals surface area contributed by atoms with Gasteiger partial charge in [-0.05, 0) is 12.3 Å². The Morgan fingerprint density at radius 1 is 1.30 bits per heavy atom. The maximum Gasteiger partial charge on any atom is 0.283 e. The summed E-state index contributed by atoms with van der Waals surface area (Å²) in [6.45, 7) is 11.6. The number of fused-ring (bicyclic) bond motifs is 1. The lowest BCUT2D eigenvalue weighted by molar-refractivity contribution is 0.517. The Morgan fingerprint density at radius 3 is 2.52 bits per heavy atom. The maximum absolute atomic E-state index is 12.6. The first kappa shape index (κ1) is 17.5. The topological polar surface area (TPSA) is 66.8 Å². The van der Waals surface area contributed by atoms with Gasteiger partial charge in [-0.1, -0.05) is 41.0 Å². The number of nitrogens with one attached hydrogen (secondary N) is 1. The summed E-state index contributed by atoms with van der Waals surface area (Å²) in [5, 5.41) is 7.20.